The van der Waals surface area contributed by atoms with Crippen molar-refractivity contribution in [1.82, 2.24) is 10.3 Å². The Labute approximate surface area is 210 Å². The van der Waals surface area contributed by atoms with Crippen LogP contribution in [-0.2, 0) is 0 Å². The van der Waals surface area contributed by atoms with Crippen LogP contribution < -0.4 is 15.1 Å². The molecule has 0 aliphatic carbocycles. The molecule has 1 N–H and O–H groups in total. The summed E-state index contributed by atoms with van der Waals surface area (Å²) in [6.07, 6.45) is 1.80. The second kappa shape index (κ2) is 9.12. The van der Waals surface area contributed by atoms with E-state index in [1.54, 1.807) is 6.20 Å². The molecule has 1 fully saturated rings. The third-order valence-corrected chi connectivity index (χ3v) is 6.68. The quantitative estimate of drug-likeness (QED) is 0.321. The fourth-order valence-electron chi connectivity index (χ4n) is 4.35. The number of hydrogen-bond donors (Lipinski definition) is 1. The summed E-state index contributed by atoms with van der Waals surface area (Å²) in [5.41, 5.74) is 5.09. The fraction of sp³-hybridized carbons (Fsp3) is 0.185. The largest absolute Gasteiger partial charge is 0.459 e. The van der Waals surface area contributed by atoms with Crippen molar-refractivity contribution in [2.24, 2.45) is 0 Å². The molecule has 1 saturated heterocycles. The predicted molar refractivity (Wildman–Crippen MR) is 143 cm³/mol. The highest BCUT2D eigenvalue weighted by Gasteiger charge is 2.42. The van der Waals surface area contributed by atoms with Gasteiger partial charge in [-0.05, 0) is 85.4 Å². The van der Waals surface area contributed by atoms with Gasteiger partial charge >= 0.3 is 0 Å². The number of nitrogens with zero attached hydrogens (tertiary/aromatic N) is 3. The zero-order valence-electron chi connectivity index (χ0n) is 19.2. The maximum absolute atomic E-state index is 6.47. The van der Waals surface area contributed by atoms with E-state index < -0.39 is 0 Å². The van der Waals surface area contributed by atoms with Crippen molar-refractivity contribution in [3.8, 4) is 11.3 Å². The first-order valence-corrected chi connectivity index (χ1v) is 11.9. The van der Waals surface area contributed by atoms with Crippen LogP contribution in [0.25, 0.3) is 11.3 Å². The monoisotopic (exact) mass is 488 g/mol. The average Bonchev–Trinajstić information content (AvgIpc) is 3.46. The molecule has 172 valence electrons. The molecule has 34 heavy (non-hydrogen) atoms. The Kier molecular flexibility index (Phi) is 6.02. The van der Waals surface area contributed by atoms with Gasteiger partial charge in [0.15, 0.2) is 5.11 Å². The van der Waals surface area contributed by atoms with Crippen molar-refractivity contribution in [2.45, 2.75) is 19.0 Å². The number of anilines is 2. The maximum atomic E-state index is 6.47. The number of aromatic nitrogens is 1. The number of benzene rings is 2. The summed E-state index contributed by atoms with van der Waals surface area (Å²) in [6.45, 7) is 2.05. The van der Waals surface area contributed by atoms with Crippen molar-refractivity contribution < 1.29 is 4.42 Å². The van der Waals surface area contributed by atoms with Crippen molar-refractivity contribution in [3.05, 3.63) is 101 Å². The third-order valence-electron chi connectivity index (χ3n) is 6.13. The summed E-state index contributed by atoms with van der Waals surface area (Å²) in [5, 5.41) is 4.79. The van der Waals surface area contributed by atoms with Gasteiger partial charge in [0.2, 0.25) is 0 Å². The van der Waals surface area contributed by atoms with E-state index >= 15 is 0 Å². The number of pyridine rings is 1. The van der Waals surface area contributed by atoms with E-state index in [-0.39, 0.29) is 12.1 Å². The van der Waals surface area contributed by atoms with Crippen LogP contribution in [0.4, 0.5) is 11.4 Å². The molecule has 4 aromatic rings. The average molecular weight is 489 g/mol. The highest BCUT2D eigenvalue weighted by atomic mass is 35.5. The lowest BCUT2D eigenvalue weighted by Gasteiger charge is -2.26. The number of thiocarbonyl (C=S) groups is 1. The lowest BCUT2D eigenvalue weighted by molar-refractivity contribution is 0.439. The minimum atomic E-state index is -0.208. The van der Waals surface area contributed by atoms with Crippen molar-refractivity contribution in [3.63, 3.8) is 0 Å². The van der Waals surface area contributed by atoms with Crippen LogP contribution in [-0.4, -0.2) is 24.2 Å². The first-order valence-electron chi connectivity index (χ1n) is 11.1. The minimum absolute atomic E-state index is 0.165. The van der Waals surface area contributed by atoms with Gasteiger partial charge in [0.05, 0.1) is 11.7 Å². The van der Waals surface area contributed by atoms with Gasteiger partial charge in [-0.25, -0.2) is 0 Å². The summed E-state index contributed by atoms with van der Waals surface area (Å²) in [5.74, 6) is 1.57. The van der Waals surface area contributed by atoms with Gasteiger partial charge in [-0.3, -0.25) is 4.98 Å². The van der Waals surface area contributed by atoms with E-state index in [0.29, 0.717) is 10.1 Å². The maximum Gasteiger partial charge on any atom is 0.174 e. The highest BCUT2D eigenvalue weighted by molar-refractivity contribution is 7.80. The summed E-state index contributed by atoms with van der Waals surface area (Å²) in [6, 6.07) is 23.7. The molecular weight excluding hydrogens is 464 g/mol. The molecule has 3 heterocycles. The lowest BCUT2D eigenvalue weighted by Crippen LogP contribution is -2.29. The van der Waals surface area contributed by atoms with Crippen molar-refractivity contribution in [2.75, 3.05) is 23.9 Å². The second-order valence-electron chi connectivity index (χ2n) is 8.57. The third kappa shape index (κ3) is 4.15. The minimum Gasteiger partial charge on any atom is -0.459 e. The summed E-state index contributed by atoms with van der Waals surface area (Å²) in [4.78, 5) is 8.80. The number of hydrogen-bond acceptors (Lipinski definition) is 4. The molecular formula is C27H25ClN4OS. The number of nitrogens with one attached hydrogen (secondary N) is 1. The molecule has 1 aliphatic heterocycles. The molecule has 1 aliphatic rings. The normalized spacial score (nSPS) is 17.6. The molecule has 0 saturated carbocycles. The van der Waals surface area contributed by atoms with E-state index in [1.807, 2.05) is 62.6 Å². The molecule has 0 radical (unpaired) electrons. The van der Waals surface area contributed by atoms with Crippen LogP contribution in [0.2, 0.25) is 5.02 Å². The summed E-state index contributed by atoms with van der Waals surface area (Å²) >= 11 is 12.1. The Hall–Kier alpha value is -3.35. The van der Waals surface area contributed by atoms with E-state index in [0.717, 1.165) is 39.7 Å². The van der Waals surface area contributed by atoms with E-state index in [1.165, 1.54) is 0 Å². The number of rotatable bonds is 5. The molecule has 0 unspecified atom stereocenters. The zero-order chi connectivity index (χ0) is 23.8. The second-order valence-corrected chi connectivity index (χ2v) is 9.39. The standard InChI is InChI=1S/C27H25ClN4OS/c1-17-7-8-18(28)16-21(17)23-13-14-24(33-23)26-25(22-6-4-5-15-29-22)30-27(34)32(26)20-11-9-19(10-12-20)31(2)3/h4-16,25-26H,1-3H3,(H,30,34)/t25-,26+/m0/s1. The first-order chi connectivity index (χ1) is 16.4. The molecule has 0 spiro atoms. The van der Waals surface area contributed by atoms with E-state index in [4.69, 9.17) is 28.2 Å². The Balaban J connectivity index is 1.59. The van der Waals surface area contributed by atoms with Gasteiger partial charge in [0, 0.05) is 42.3 Å². The Bertz CT molecular complexity index is 1320. The molecule has 2 atom stereocenters. The Morgan fingerprint density at radius 3 is 2.53 bits per heavy atom. The van der Waals surface area contributed by atoms with Crippen LogP contribution in [0.3, 0.4) is 0 Å². The van der Waals surface area contributed by atoms with Crippen LogP contribution in [0.1, 0.15) is 29.1 Å². The topological polar surface area (TPSA) is 44.5 Å². The van der Waals surface area contributed by atoms with Crippen LogP contribution in [0.15, 0.2) is 83.4 Å². The fourth-order valence-corrected chi connectivity index (χ4v) is 4.87. The Morgan fingerprint density at radius 1 is 1.03 bits per heavy atom. The molecule has 7 heteroatoms. The van der Waals surface area contributed by atoms with Gasteiger partial charge in [-0.15, -0.1) is 0 Å². The van der Waals surface area contributed by atoms with Crippen molar-refractivity contribution in [1.29, 1.82) is 0 Å². The smallest absolute Gasteiger partial charge is 0.174 e. The molecule has 2 aromatic heterocycles. The van der Waals surface area contributed by atoms with Crippen LogP contribution >= 0.6 is 23.8 Å². The van der Waals surface area contributed by atoms with Crippen LogP contribution in [0, 0.1) is 6.92 Å². The molecule has 2 aromatic carbocycles. The SMILES string of the molecule is Cc1ccc(Cl)cc1-c1ccc([C@@H]2[C@H](c3ccccn3)NC(=S)N2c2ccc(N(C)C)cc2)o1. The highest BCUT2D eigenvalue weighted by Crippen LogP contribution is 2.43. The predicted octanol–water partition coefficient (Wildman–Crippen LogP) is 6.55. The van der Waals surface area contributed by atoms with Gasteiger partial charge in [0.1, 0.15) is 17.6 Å². The number of aryl methyl sites for hydroxylation is 1. The van der Waals surface area contributed by atoms with Crippen LogP contribution in [0.5, 0.6) is 0 Å². The van der Waals surface area contributed by atoms with Crippen molar-refractivity contribution >= 4 is 40.3 Å². The molecule has 0 amide bonds. The molecule has 5 nitrogen and oxygen atoms in total. The van der Waals surface area contributed by atoms with E-state index in [9.17, 15) is 0 Å². The Morgan fingerprint density at radius 2 is 1.82 bits per heavy atom. The summed E-state index contributed by atoms with van der Waals surface area (Å²) < 4.78 is 6.47. The zero-order valence-corrected chi connectivity index (χ0v) is 20.8. The first kappa shape index (κ1) is 22.4. The van der Waals surface area contributed by atoms with Gasteiger partial charge in [-0.2, -0.15) is 0 Å². The van der Waals surface area contributed by atoms with E-state index in [2.05, 4.69) is 51.3 Å². The molecule has 5 rings (SSSR count). The van der Waals surface area contributed by atoms with Gasteiger partial charge in [0.25, 0.3) is 0 Å². The van der Waals surface area contributed by atoms with Gasteiger partial charge in [-0.1, -0.05) is 23.7 Å². The summed E-state index contributed by atoms with van der Waals surface area (Å²) in [7, 11) is 4.05. The molecule has 0 bridgehead atoms. The number of halogens is 1. The van der Waals surface area contributed by atoms with Gasteiger partial charge < -0.3 is 19.5 Å². The number of furan rings is 1. The lowest BCUT2D eigenvalue weighted by atomic mass is 10.0.